The van der Waals surface area contributed by atoms with Gasteiger partial charge in [-0.25, -0.2) is 17.6 Å². The van der Waals surface area contributed by atoms with Crippen molar-refractivity contribution >= 4 is 0 Å². The highest BCUT2D eigenvalue weighted by molar-refractivity contribution is 5.43. The molecule has 0 spiro atoms. The summed E-state index contributed by atoms with van der Waals surface area (Å²) in [5.41, 5.74) is 1.28. The van der Waals surface area contributed by atoms with Crippen LogP contribution in [-0.4, -0.2) is 18.5 Å². The molecule has 1 aliphatic carbocycles. The second-order valence-corrected chi connectivity index (χ2v) is 10.0. The number of aryl methyl sites for hydroxylation is 1. The Morgan fingerprint density at radius 1 is 0.868 bits per heavy atom. The van der Waals surface area contributed by atoms with E-state index in [4.69, 9.17) is 4.74 Å². The number of hydrogen-bond donors (Lipinski definition) is 0. The first kappa shape index (κ1) is 28.4. The summed E-state index contributed by atoms with van der Waals surface area (Å²) < 4.78 is 130. The van der Waals surface area contributed by atoms with Crippen molar-refractivity contribution in [2.75, 3.05) is 0 Å². The molecule has 4 rings (SSSR count). The molecule has 2 aromatic rings. The first-order valence-electron chi connectivity index (χ1n) is 12.6. The van der Waals surface area contributed by atoms with E-state index in [0.717, 1.165) is 37.7 Å². The van der Waals surface area contributed by atoms with Crippen LogP contribution in [-0.2, 0) is 6.42 Å². The van der Waals surface area contributed by atoms with Crippen LogP contribution < -0.4 is 9.47 Å². The lowest BCUT2D eigenvalue weighted by molar-refractivity contribution is -0.306. The zero-order valence-electron chi connectivity index (χ0n) is 20.5. The van der Waals surface area contributed by atoms with E-state index >= 15 is 4.39 Å². The lowest BCUT2D eigenvalue weighted by atomic mass is 9.77. The number of halogens is 9. The molecular weight excluding hydrogens is 527 g/mol. The molecule has 0 amide bonds. The molecule has 210 valence electrons. The molecule has 0 bridgehead atoms. The predicted molar refractivity (Wildman–Crippen MR) is 121 cm³/mol. The van der Waals surface area contributed by atoms with Gasteiger partial charge in [-0.3, -0.25) is 0 Å². The van der Waals surface area contributed by atoms with Crippen LogP contribution in [0.3, 0.4) is 0 Å². The summed E-state index contributed by atoms with van der Waals surface area (Å²) in [4.78, 5) is 0. The molecule has 2 nitrogen and oxygen atoms in total. The summed E-state index contributed by atoms with van der Waals surface area (Å²) in [7, 11) is 0. The van der Waals surface area contributed by atoms with Crippen LogP contribution >= 0.6 is 0 Å². The van der Waals surface area contributed by atoms with Gasteiger partial charge in [-0.1, -0.05) is 25.8 Å². The third-order valence-corrected chi connectivity index (χ3v) is 7.31. The van der Waals surface area contributed by atoms with Crippen LogP contribution in [0.25, 0.3) is 0 Å². The van der Waals surface area contributed by atoms with Gasteiger partial charge in [0.25, 0.3) is 6.17 Å². The van der Waals surface area contributed by atoms with E-state index in [1.807, 2.05) is 6.07 Å². The van der Waals surface area contributed by atoms with Crippen LogP contribution in [0.1, 0.15) is 80.6 Å². The van der Waals surface area contributed by atoms with Gasteiger partial charge in [0.15, 0.2) is 29.0 Å². The minimum Gasteiger partial charge on any atom is -0.482 e. The summed E-state index contributed by atoms with van der Waals surface area (Å²) in [6.45, 7) is 2.15. The largest absolute Gasteiger partial charge is 0.482 e. The summed E-state index contributed by atoms with van der Waals surface area (Å²) in [5, 5.41) is 0. The second-order valence-electron chi connectivity index (χ2n) is 10.0. The summed E-state index contributed by atoms with van der Waals surface area (Å²) in [5.74, 6) is -5.21. The van der Waals surface area contributed by atoms with Gasteiger partial charge in [0.1, 0.15) is 6.10 Å². The number of benzene rings is 2. The van der Waals surface area contributed by atoms with Crippen LogP contribution in [0.2, 0.25) is 0 Å². The molecule has 0 radical (unpaired) electrons. The zero-order chi connectivity index (χ0) is 27.8. The van der Waals surface area contributed by atoms with E-state index in [0.29, 0.717) is 30.0 Å². The Labute approximate surface area is 214 Å². The second kappa shape index (κ2) is 10.9. The maximum absolute atomic E-state index is 15.0. The highest BCUT2D eigenvalue weighted by Gasteiger charge is 2.59. The van der Waals surface area contributed by atoms with E-state index in [1.165, 1.54) is 12.5 Å². The standard InChI is InChI=1S/C27H27F9O2/c1-2-3-14-4-6-15(7-5-14)17-10-16-8-9-22(37-23(16)19(28)11-17)18-12-20(29)24(21(30)13-18)38-27(35,36)25(31)26(32,33)34/h10-15,22,25H,2-9H2,1H3. The van der Waals surface area contributed by atoms with Gasteiger partial charge in [0.05, 0.1) is 0 Å². The van der Waals surface area contributed by atoms with E-state index in [9.17, 15) is 35.1 Å². The number of hydrogen-bond acceptors (Lipinski definition) is 2. The van der Waals surface area contributed by atoms with Gasteiger partial charge in [-0.15, -0.1) is 0 Å². The quantitative estimate of drug-likeness (QED) is 0.318. The molecule has 1 fully saturated rings. The topological polar surface area (TPSA) is 18.5 Å². The lowest BCUT2D eigenvalue weighted by Crippen LogP contribution is -2.46. The zero-order valence-corrected chi connectivity index (χ0v) is 20.5. The first-order valence-corrected chi connectivity index (χ1v) is 12.6. The van der Waals surface area contributed by atoms with Crippen LogP contribution in [0, 0.1) is 23.4 Å². The van der Waals surface area contributed by atoms with E-state index in [-0.39, 0.29) is 23.7 Å². The van der Waals surface area contributed by atoms with Gasteiger partial charge in [-0.2, -0.15) is 22.0 Å². The van der Waals surface area contributed by atoms with E-state index in [2.05, 4.69) is 11.7 Å². The number of fused-ring (bicyclic) bond motifs is 1. The van der Waals surface area contributed by atoms with Gasteiger partial charge < -0.3 is 9.47 Å². The smallest absolute Gasteiger partial charge is 0.439 e. The Morgan fingerprint density at radius 2 is 1.47 bits per heavy atom. The molecule has 0 aromatic heterocycles. The van der Waals surface area contributed by atoms with Crippen molar-refractivity contribution < 1.29 is 49.0 Å². The fourth-order valence-corrected chi connectivity index (χ4v) is 5.38. The fraction of sp³-hybridized carbons (Fsp3) is 0.556. The SMILES string of the molecule is CCCC1CCC(c2cc(F)c3c(c2)CCC(c2cc(F)c(OC(F)(F)C(F)C(F)(F)F)c(F)c2)O3)CC1. The van der Waals surface area contributed by atoms with Crippen LogP contribution in [0.15, 0.2) is 24.3 Å². The summed E-state index contributed by atoms with van der Waals surface area (Å²) in [6, 6.07) is 4.35. The fourth-order valence-electron chi connectivity index (χ4n) is 5.38. The Hall–Kier alpha value is -2.59. The molecule has 2 aromatic carbocycles. The van der Waals surface area contributed by atoms with E-state index in [1.54, 1.807) is 0 Å². The molecule has 1 aliphatic heterocycles. The average Bonchev–Trinajstić information content (AvgIpc) is 2.85. The summed E-state index contributed by atoms with van der Waals surface area (Å²) >= 11 is 0. The van der Waals surface area contributed by atoms with Crippen LogP contribution in [0.5, 0.6) is 11.5 Å². The van der Waals surface area contributed by atoms with Crippen molar-refractivity contribution in [3.05, 3.63) is 58.4 Å². The van der Waals surface area contributed by atoms with E-state index < -0.39 is 47.8 Å². The molecule has 1 saturated carbocycles. The predicted octanol–water partition coefficient (Wildman–Crippen LogP) is 9.12. The molecule has 11 heteroatoms. The van der Waals surface area contributed by atoms with Crippen molar-refractivity contribution in [1.82, 2.24) is 0 Å². The van der Waals surface area contributed by atoms with Crippen molar-refractivity contribution in [1.29, 1.82) is 0 Å². The Morgan fingerprint density at radius 3 is 2.05 bits per heavy atom. The van der Waals surface area contributed by atoms with Gasteiger partial charge in [0, 0.05) is 0 Å². The molecule has 2 aliphatic rings. The maximum atomic E-state index is 15.0. The molecular formula is C27H27F9O2. The van der Waals surface area contributed by atoms with Gasteiger partial charge in [0.2, 0.25) is 0 Å². The van der Waals surface area contributed by atoms with Crippen molar-refractivity contribution in [2.24, 2.45) is 5.92 Å². The Bertz CT molecular complexity index is 1120. The molecule has 0 saturated heterocycles. The molecule has 2 atom stereocenters. The number of ether oxygens (including phenoxy) is 2. The molecule has 38 heavy (non-hydrogen) atoms. The minimum atomic E-state index is -6.02. The Balaban J connectivity index is 1.49. The Kier molecular flexibility index (Phi) is 8.14. The van der Waals surface area contributed by atoms with Gasteiger partial charge >= 0.3 is 12.3 Å². The first-order chi connectivity index (χ1) is 17.8. The monoisotopic (exact) mass is 554 g/mol. The normalized spacial score (nSPS) is 22.9. The number of rotatable bonds is 7. The maximum Gasteiger partial charge on any atom is 0.439 e. The van der Waals surface area contributed by atoms with Crippen LogP contribution in [0.4, 0.5) is 39.5 Å². The third-order valence-electron chi connectivity index (χ3n) is 7.31. The average molecular weight is 554 g/mol. The number of alkyl halides is 6. The lowest BCUT2D eigenvalue weighted by Gasteiger charge is -2.31. The van der Waals surface area contributed by atoms with Crippen molar-refractivity contribution in [3.8, 4) is 11.5 Å². The molecule has 2 unspecified atom stereocenters. The highest BCUT2D eigenvalue weighted by atomic mass is 19.4. The minimum absolute atomic E-state index is 0.0807. The molecule has 1 heterocycles. The third kappa shape index (κ3) is 6.01. The molecule has 0 N–H and O–H groups in total. The van der Waals surface area contributed by atoms with Crippen molar-refractivity contribution in [2.45, 2.75) is 88.8 Å². The summed E-state index contributed by atoms with van der Waals surface area (Å²) in [6.07, 6.45) is -10.6. The van der Waals surface area contributed by atoms with Gasteiger partial charge in [-0.05, 0) is 85.3 Å². The highest BCUT2D eigenvalue weighted by Crippen LogP contribution is 2.44. The van der Waals surface area contributed by atoms with Crippen molar-refractivity contribution in [3.63, 3.8) is 0 Å².